The molecule has 0 aliphatic carbocycles. The van der Waals surface area contributed by atoms with Gasteiger partial charge in [-0.15, -0.1) is 0 Å². The van der Waals surface area contributed by atoms with Crippen LogP contribution in [0.1, 0.15) is 194 Å². The van der Waals surface area contributed by atoms with Gasteiger partial charge in [-0.1, -0.05) is 141 Å². The minimum absolute atomic E-state index is 0. The van der Waals surface area contributed by atoms with Gasteiger partial charge in [0, 0.05) is 33.3 Å². The van der Waals surface area contributed by atoms with E-state index in [2.05, 4.69) is 38.2 Å². The van der Waals surface area contributed by atoms with Crippen LogP contribution in [0.4, 0.5) is 0 Å². The molecule has 0 amide bonds. The first kappa shape index (κ1) is 44.5. The van der Waals surface area contributed by atoms with Crippen molar-refractivity contribution in [3.63, 3.8) is 0 Å². The first-order valence-electron chi connectivity index (χ1n) is 17.3. The molecule has 0 aromatic rings. The number of allylic oxidation sites excluding steroid dienone is 4. The Bertz CT molecular complexity index is 524. The predicted molar refractivity (Wildman–Crippen MR) is 174 cm³/mol. The molecular weight excluding hydrogens is 603 g/mol. The summed E-state index contributed by atoms with van der Waals surface area (Å²) in [5.74, 6) is -1.33. The van der Waals surface area contributed by atoms with E-state index in [1.807, 2.05) is 0 Å². The van der Waals surface area contributed by atoms with Gasteiger partial charge in [-0.3, -0.25) is 9.59 Å². The molecule has 0 aromatic heterocycles. The number of rotatable bonds is 30. The standard InChI is InChI=1S/2C18H34O2.Pd/c2*1-2-3-4-5-6-7-8-9-10-11-12-13-14-15-16-17-18(19)20;/h2*9-10H,2-8,11-17H2,1H3,(H,19,20);. The van der Waals surface area contributed by atoms with Crippen molar-refractivity contribution >= 4 is 11.9 Å². The van der Waals surface area contributed by atoms with E-state index < -0.39 is 11.9 Å². The van der Waals surface area contributed by atoms with Crippen molar-refractivity contribution < 1.29 is 40.2 Å². The molecule has 0 spiro atoms. The Balaban J connectivity index is -0.000000688. The number of carboxylic acid groups (broad SMARTS) is 2. The first-order valence-corrected chi connectivity index (χ1v) is 17.3. The van der Waals surface area contributed by atoms with Crippen molar-refractivity contribution in [1.82, 2.24) is 0 Å². The summed E-state index contributed by atoms with van der Waals surface area (Å²) in [6, 6.07) is 0. The molecule has 5 heteroatoms. The Labute approximate surface area is 269 Å². The van der Waals surface area contributed by atoms with Crippen LogP contribution in [0.3, 0.4) is 0 Å². The molecule has 0 aliphatic rings. The molecule has 0 saturated carbocycles. The van der Waals surface area contributed by atoms with Crippen molar-refractivity contribution in [2.75, 3.05) is 0 Å². The summed E-state index contributed by atoms with van der Waals surface area (Å²) < 4.78 is 0. The zero-order valence-corrected chi connectivity index (χ0v) is 28.7. The average molecular weight is 671 g/mol. The van der Waals surface area contributed by atoms with Crippen LogP contribution in [-0.2, 0) is 30.0 Å². The second-order valence-electron chi connectivity index (χ2n) is 11.5. The summed E-state index contributed by atoms with van der Waals surface area (Å²) in [4.78, 5) is 20.6. The molecule has 2 N–H and O–H groups in total. The summed E-state index contributed by atoms with van der Waals surface area (Å²) in [6.07, 6.45) is 42.5. The molecule has 0 aromatic carbocycles. The maximum absolute atomic E-state index is 10.3. The number of hydrogen-bond acceptors (Lipinski definition) is 2. The van der Waals surface area contributed by atoms with Crippen LogP contribution in [0.15, 0.2) is 24.3 Å². The monoisotopic (exact) mass is 670 g/mol. The fraction of sp³-hybridized carbons (Fsp3) is 0.833. The molecule has 4 nitrogen and oxygen atoms in total. The number of unbranched alkanes of at least 4 members (excludes halogenated alkanes) is 22. The van der Waals surface area contributed by atoms with E-state index in [9.17, 15) is 9.59 Å². The third kappa shape index (κ3) is 49.1. The zero-order valence-electron chi connectivity index (χ0n) is 27.1. The van der Waals surface area contributed by atoms with Crippen molar-refractivity contribution in [1.29, 1.82) is 0 Å². The number of carboxylic acids is 2. The van der Waals surface area contributed by atoms with E-state index in [-0.39, 0.29) is 20.4 Å². The van der Waals surface area contributed by atoms with Gasteiger partial charge in [0.25, 0.3) is 0 Å². The molecule has 0 saturated heterocycles. The van der Waals surface area contributed by atoms with E-state index in [0.717, 1.165) is 25.7 Å². The van der Waals surface area contributed by atoms with Gasteiger partial charge in [-0.05, 0) is 64.2 Å². The third-order valence-electron chi connectivity index (χ3n) is 7.30. The Hall–Kier alpha value is -0.918. The van der Waals surface area contributed by atoms with Gasteiger partial charge in [-0.25, -0.2) is 0 Å². The van der Waals surface area contributed by atoms with E-state index in [1.165, 1.54) is 141 Å². The van der Waals surface area contributed by atoms with E-state index in [0.29, 0.717) is 12.8 Å². The Morgan fingerprint density at radius 3 is 0.854 bits per heavy atom. The summed E-state index contributed by atoms with van der Waals surface area (Å²) >= 11 is 0. The molecular formula is C36H68O4Pd. The van der Waals surface area contributed by atoms with Gasteiger partial charge >= 0.3 is 11.9 Å². The average Bonchev–Trinajstić information content (AvgIpc) is 2.93. The van der Waals surface area contributed by atoms with Gasteiger partial charge in [0.05, 0.1) is 0 Å². The van der Waals surface area contributed by atoms with Crippen LogP contribution in [-0.4, -0.2) is 22.2 Å². The molecule has 0 rings (SSSR count). The van der Waals surface area contributed by atoms with Crippen LogP contribution >= 0.6 is 0 Å². The summed E-state index contributed by atoms with van der Waals surface area (Å²) in [7, 11) is 0. The predicted octanol–water partition coefficient (Wildman–Crippen LogP) is 12.2. The maximum atomic E-state index is 10.3. The molecule has 0 aliphatic heterocycles. The molecule has 0 radical (unpaired) electrons. The van der Waals surface area contributed by atoms with Gasteiger partial charge in [0.1, 0.15) is 0 Å². The number of aliphatic carboxylic acids is 2. The smallest absolute Gasteiger partial charge is 0.303 e. The molecule has 0 unspecified atom stereocenters. The van der Waals surface area contributed by atoms with Crippen LogP contribution in [0.2, 0.25) is 0 Å². The molecule has 0 fully saturated rings. The fourth-order valence-corrected chi connectivity index (χ4v) is 4.69. The molecule has 0 atom stereocenters. The van der Waals surface area contributed by atoms with Crippen molar-refractivity contribution in [2.45, 2.75) is 194 Å². The normalized spacial score (nSPS) is 11.0. The SMILES string of the molecule is CCCCCCCCC=CCCCCCCCC(=O)O.CCCCCCCCC=CCCCCCCCC(=O)O.[Pd]. The van der Waals surface area contributed by atoms with Crippen LogP contribution < -0.4 is 0 Å². The minimum Gasteiger partial charge on any atom is -0.481 e. The van der Waals surface area contributed by atoms with Crippen LogP contribution in [0.25, 0.3) is 0 Å². The Morgan fingerprint density at radius 1 is 0.390 bits per heavy atom. The summed E-state index contributed by atoms with van der Waals surface area (Å²) in [5.41, 5.74) is 0. The van der Waals surface area contributed by atoms with Gasteiger partial charge in [0.15, 0.2) is 0 Å². The summed E-state index contributed by atoms with van der Waals surface area (Å²) in [5, 5.41) is 17.0. The van der Waals surface area contributed by atoms with Gasteiger partial charge in [-0.2, -0.15) is 0 Å². The maximum Gasteiger partial charge on any atom is 0.303 e. The number of hydrogen-bond donors (Lipinski definition) is 2. The topological polar surface area (TPSA) is 74.6 Å². The molecule has 246 valence electrons. The van der Waals surface area contributed by atoms with Crippen LogP contribution in [0, 0.1) is 0 Å². The molecule has 0 bridgehead atoms. The Morgan fingerprint density at radius 2 is 0.610 bits per heavy atom. The van der Waals surface area contributed by atoms with Crippen LogP contribution in [0.5, 0.6) is 0 Å². The third-order valence-corrected chi connectivity index (χ3v) is 7.30. The van der Waals surface area contributed by atoms with Gasteiger partial charge < -0.3 is 10.2 Å². The second-order valence-corrected chi connectivity index (χ2v) is 11.5. The van der Waals surface area contributed by atoms with Crippen molar-refractivity contribution in [3.8, 4) is 0 Å². The summed E-state index contributed by atoms with van der Waals surface area (Å²) in [6.45, 7) is 4.52. The van der Waals surface area contributed by atoms with E-state index in [4.69, 9.17) is 10.2 Å². The molecule has 41 heavy (non-hydrogen) atoms. The Kier molecular flexibility index (Phi) is 44.8. The van der Waals surface area contributed by atoms with E-state index in [1.54, 1.807) is 0 Å². The fourth-order valence-electron chi connectivity index (χ4n) is 4.69. The zero-order chi connectivity index (χ0) is 29.8. The van der Waals surface area contributed by atoms with Gasteiger partial charge in [0.2, 0.25) is 0 Å². The quantitative estimate of drug-likeness (QED) is 0.0453. The van der Waals surface area contributed by atoms with Crippen molar-refractivity contribution in [2.24, 2.45) is 0 Å². The van der Waals surface area contributed by atoms with Crippen molar-refractivity contribution in [3.05, 3.63) is 24.3 Å². The largest absolute Gasteiger partial charge is 0.481 e. The molecule has 0 heterocycles. The number of carbonyl (C=O) groups is 2. The first-order chi connectivity index (χ1) is 19.5. The minimum atomic E-state index is -0.664. The van der Waals surface area contributed by atoms with E-state index >= 15 is 0 Å². The second kappa shape index (κ2) is 41.2.